The van der Waals surface area contributed by atoms with Crippen molar-refractivity contribution >= 4 is 44.6 Å². The first-order valence-corrected chi connectivity index (χ1v) is 16.4. The van der Waals surface area contributed by atoms with Gasteiger partial charge in [-0.25, -0.2) is 0 Å². The first kappa shape index (κ1) is 28.8. The molecule has 0 radical (unpaired) electrons. The van der Waals surface area contributed by atoms with Gasteiger partial charge < -0.3 is 9.32 Å². The smallest absolute Gasteiger partial charge is 0.135 e. The number of nitrogens with zero attached hydrogens (tertiary/aromatic N) is 1. The van der Waals surface area contributed by atoms with Crippen molar-refractivity contribution in [1.82, 2.24) is 0 Å². The lowest BCUT2D eigenvalue weighted by Gasteiger charge is -2.28. The second kappa shape index (κ2) is 11.3. The molecule has 1 heterocycles. The molecule has 2 nitrogen and oxygen atoms in total. The minimum absolute atomic E-state index is 0.0886. The van der Waals surface area contributed by atoms with E-state index >= 15 is 0 Å². The number of benzene rings is 6. The maximum atomic E-state index is 6.20. The van der Waals surface area contributed by atoms with Crippen LogP contribution in [0.5, 0.6) is 0 Å². The Bertz CT molecular complexity index is 2330. The van der Waals surface area contributed by atoms with Crippen LogP contribution in [0.4, 0.5) is 17.1 Å². The van der Waals surface area contributed by atoms with Crippen molar-refractivity contribution in [2.75, 3.05) is 4.90 Å². The molecule has 0 aliphatic heterocycles. The molecule has 0 saturated heterocycles. The zero-order valence-corrected chi connectivity index (χ0v) is 27.3. The summed E-state index contributed by atoms with van der Waals surface area (Å²) in [6, 6.07) is 48.4. The number of fused-ring (bicyclic) bond motifs is 6. The predicted molar refractivity (Wildman–Crippen MR) is 200 cm³/mol. The van der Waals surface area contributed by atoms with E-state index < -0.39 is 0 Å². The molecule has 0 bridgehead atoms. The molecule has 47 heavy (non-hydrogen) atoms. The molecule has 6 aromatic carbocycles. The van der Waals surface area contributed by atoms with E-state index in [4.69, 9.17) is 4.42 Å². The van der Waals surface area contributed by atoms with Crippen molar-refractivity contribution in [2.24, 2.45) is 0 Å². The largest absolute Gasteiger partial charge is 0.456 e. The van der Waals surface area contributed by atoms with Gasteiger partial charge in [0.25, 0.3) is 0 Å². The third-order valence-corrected chi connectivity index (χ3v) is 9.78. The Balaban J connectivity index is 1.23. The van der Waals surface area contributed by atoms with Gasteiger partial charge in [0, 0.05) is 33.2 Å². The van der Waals surface area contributed by atoms with E-state index in [1.807, 2.05) is 19.1 Å². The standard InChI is InChI=1S/C45H37NO/c1-5-6-11-30(2)31-16-18-32(19-17-31)33-20-22-34(23-21-33)46(35-25-27-44-40(28-35)39-13-8-10-15-43(39)47-44)36-24-26-38-37-12-7-9-14-41(37)45(3,4)42(38)29-36/h5-29H,1-4H3/b6-5-,30-11+. The maximum absolute atomic E-state index is 6.20. The molecule has 1 aliphatic carbocycles. The molecule has 228 valence electrons. The first-order valence-electron chi connectivity index (χ1n) is 16.4. The fraction of sp³-hybridized carbons (Fsp3) is 0.111. The van der Waals surface area contributed by atoms with Gasteiger partial charge in [-0.05, 0) is 107 Å². The number of para-hydroxylation sites is 1. The van der Waals surface area contributed by atoms with Crippen molar-refractivity contribution in [3.05, 3.63) is 168 Å². The lowest BCUT2D eigenvalue weighted by atomic mass is 9.82. The molecular formula is C45H37NO. The third kappa shape index (κ3) is 4.89. The van der Waals surface area contributed by atoms with Crippen LogP contribution in [0.25, 0.3) is 49.8 Å². The molecule has 1 aromatic heterocycles. The quantitative estimate of drug-likeness (QED) is 0.175. The minimum Gasteiger partial charge on any atom is -0.456 e. The predicted octanol–water partition coefficient (Wildman–Crippen LogP) is 13.0. The Kier molecular flexibility index (Phi) is 6.95. The summed E-state index contributed by atoms with van der Waals surface area (Å²) in [6.45, 7) is 8.88. The molecule has 0 spiro atoms. The van der Waals surface area contributed by atoms with E-state index in [-0.39, 0.29) is 5.41 Å². The van der Waals surface area contributed by atoms with E-state index in [9.17, 15) is 0 Å². The van der Waals surface area contributed by atoms with Crippen LogP contribution in [0.3, 0.4) is 0 Å². The second-order valence-electron chi connectivity index (χ2n) is 13.0. The highest BCUT2D eigenvalue weighted by atomic mass is 16.3. The van der Waals surface area contributed by atoms with Crippen molar-refractivity contribution in [2.45, 2.75) is 33.1 Å². The van der Waals surface area contributed by atoms with Crippen LogP contribution in [0.15, 0.2) is 156 Å². The topological polar surface area (TPSA) is 16.4 Å². The van der Waals surface area contributed by atoms with E-state index in [1.54, 1.807) is 0 Å². The van der Waals surface area contributed by atoms with E-state index in [0.717, 1.165) is 39.0 Å². The SMILES string of the molecule is C/C=C\C=C(/C)c1ccc(-c2ccc(N(c3ccc4c(c3)C(C)(C)c3ccccc3-4)c3ccc4oc5ccccc5c4c3)cc2)cc1. The van der Waals surface area contributed by atoms with E-state index in [1.165, 1.54) is 44.5 Å². The van der Waals surface area contributed by atoms with Gasteiger partial charge in [-0.1, -0.05) is 117 Å². The molecule has 8 rings (SSSR count). The highest BCUT2D eigenvalue weighted by Gasteiger charge is 2.35. The number of anilines is 3. The average molecular weight is 608 g/mol. The van der Waals surface area contributed by atoms with Gasteiger partial charge >= 0.3 is 0 Å². The van der Waals surface area contributed by atoms with Gasteiger partial charge in [0.05, 0.1) is 0 Å². The zero-order chi connectivity index (χ0) is 32.1. The molecule has 1 aliphatic rings. The van der Waals surface area contributed by atoms with Crippen LogP contribution in [0.1, 0.15) is 44.4 Å². The summed E-state index contributed by atoms with van der Waals surface area (Å²) in [6.07, 6.45) is 6.29. The summed E-state index contributed by atoms with van der Waals surface area (Å²) in [5.74, 6) is 0. The molecular weight excluding hydrogens is 571 g/mol. The van der Waals surface area contributed by atoms with Crippen LogP contribution in [-0.4, -0.2) is 0 Å². The van der Waals surface area contributed by atoms with Crippen molar-refractivity contribution < 1.29 is 4.42 Å². The fourth-order valence-electron chi connectivity index (χ4n) is 7.20. The molecule has 0 N–H and O–H groups in total. The van der Waals surface area contributed by atoms with Crippen LogP contribution >= 0.6 is 0 Å². The summed E-state index contributed by atoms with van der Waals surface area (Å²) >= 11 is 0. The van der Waals surface area contributed by atoms with E-state index in [0.29, 0.717) is 0 Å². The normalized spacial score (nSPS) is 13.7. The van der Waals surface area contributed by atoms with Crippen molar-refractivity contribution in [3.8, 4) is 22.3 Å². The fourth-order valence-corrected chi connectivity index (χ4v) is 7.20. The third-order valence-electron chi connectivity index (χ3n) is 9.78. The summed E-state index contributed by atoms with van der Waals surface area (Å²) < 4.78 is 6.20. The summed E-state index contributed by atoms with van der Waals surface area (Å²) in [4.78, 5) is 2.38. The summed E-state index contributed by atoms with van der Waals surface area (Å²) in [7, 11) is 0. The molecule has 0 fully saturated rings. The second-order valence-corrected chi connectivity index (χ2v) is 13.0. The zero-order valence-electron chi connectivity index (χ0n) is 27.3. The lowest BCUT2D eigenvalue weighted by Crippen LogP contribution is -2.16. The van der Waals surface area contributed by atoms with Gasteiger partial charge in [0.2, 0.25) is 0 Å². The Morgan fingerprint density at radius 2 is 1.21 bits per heavy atom. The lowest BCUT2D eigenvalue weighted by molar-refractivity contribution is 0.660. The Morgan fingerprint density at radius 3 is 2.00 bits per heavy atom. The first-order chi connectivity index (χ1) is 22.9. The number of allylic oxidation sites excluding steroid dienone is 4. The highest BCUT2D eigenvalue weighted by molar-refractivity contribution is 6.06. The van der Waals surface area contributed by atoms with Crippen molar-refractivity contribution in [1.29, 1.82) is 0 Å². The van der Waals surface area contributed by atoms with E-state index in [2.05, 4.69) is 165 Å². The maximum Gasteiger partial charge on any atom is 0.135 e. The number of rotatable bonds is 6. The number of furan rings is 1. The van der Waals surface area contributed by atoms with Crippen LogP contribution in [0.2, 0.25) is 0 Å². The Labute approximate surface area is 276 Å². The summed E-state index contributed by atoms with van der Waals surface area (Å²) in [5.41, 5.74) is 15.3. The molecule has 0 atom stereocenters. The van der Waals surface area contributed by atoms with Gasteiger partial charge in [0.15, 0.2) is 0 Å². The molecule has 2 heteroatoms. The van der Waals surface area contributed by atoms with Crippen LogP contribution in [-0.2, 0) is 5.41 Å². The van der Waals surface area contributed by atoms with Gasteiger partial charge in [-0.15, -0.1) is 0 Å². The van der Waals surface area contributed by atoms with Crippen LogP contribution < -0.4 is 4.90 Å². The van der Waals surface area contributed by atoms with Gasteiger partial charge in [0.1, 0.15) is 11.2 Å². The molecule has 0 amide bonds. The monoisotopic (exact) mass is 607 g/mol. The number of hydrogen-bond donors (Lipinski definition) is 0. The summed E-state index contributed by atoms with van der Waals surface area (Å²) in [5, 5.41) is 2.25. The van der Waals surface area contributed by atoms with Gasteiger partial charge in [-0.3, -0.25) is 0 Å². The van der Waals surface area contributed by atoms with Crippen molar-refractivity contribution in [3.63, 3.8) is 0 Å². The Hall–Kier alpha value is -5.60. The van der Waals surface area contributed by atoms with Crippen LogP contribution in [0, 0.1) is 0 Å². The highest BCUT2D eigenvalue weighted by Crippen LogP contribution is 2.50. The molecule has 0 saturated carbocycles. The minimum atomic E-state index is -0.0886. The number of hydrogen-bond acceptors (Lipinski definition) is 2. The van der Waals surface area contributed by atoms with Gasteiger partial charge in [-0.2, -0.15) is 0 Å². The Morgan fingerprint density at radius 1 is 0.596 bits per heavy atom. The average Bonchev–Trinajstić information content (AvgIpc) is 3.59. The molecule has 7 aromatic rings. The molecule has 0 unspecified atom stereocenters.